The molecule has 1 atom stereocenters. The Morgan fingerprint density at radius 1 is 1.05 bits per heavy atom. The highest BCUT2D eigenvalue weighted by molar-refractivity contribution is 5.60. The number of nitrogens with one attached hydrogen (secondary N) is 1. The van der Waals surface area contributed by atoms with E-state index in [0.717, 1.165) is 25.4 Å². The summed E-state index contributed by atoms with van der Waals surface area (Å²) in [6.45, 7) is 2.95. The summed E-state index contributed by atoms with van der Waals surface area (Å²) < 4.78 is 5.52. The van der Waals surface area contributed by atoms with E-state index < -0.39 is 0 Å². The van der Waals surface area contributed by atoms with Gasteiger partial charge in [-0.2, -0.15) is 0 Å². The van der Waals surface area contributed by atoms with Crippen molar-refractivity contribution in [3.63, 3.8) is 0 Å². The number of ether oxygens (including phenoxy) is 1. The molecule has 3 nitrogen and oxygen atoms in total. The third-order valence-electron chi connectivity index (χ3n) is 3.82. The van der Waals surface area contributed by atoms with Gasteiger partial charge in [-0.15, -0.1) is 0 Å². The fourth-order valence-electron chi connectivity index (χ4n) is 2.83. The quantitative estimate of drug-likeness (QED) is 0.926. The van der Waals surface area contributed by atoms with Gasteiger partial charge in [-0.05, 0) is 17.7 Å². The first kappa shape index (κ1) is 13.0. The largest absolute Gasteiger partial charge is 0.495 e. The van der Waals surface area contributed by atoms with E-state index in [-0.39, 0.29) is 0 Å². The van der Waals surface area contributed by atoms with E-state index in [1.807, 2.05) is 12.1 Å². The predicted octanol–water partition coefficient (Wildman–Crippen LogP) is 2.85. The number of hydrogen-bond acceptors (Lipinski definition) is 3. The fourth-order valence-corrected chi connectivity index (χ4v) is 2.83. The molecule has 1 fully saturated rings. The molecule has 0 spiro atoms. The Balaban J connectivity index is 1.97. The van der Waals surface area contributed by atoms with Gasteiger partial charge in [0.1, 0.15) is 5.75 Å². The minimum Gasteiger partial charge on any atom is -0.495 e. The van der Waals surface area contributed by atoms with Crippen LogP contribution in [0, 0.1) is 0 Å². The number of piperazine rings is 1. The minimum absolute atomic E-state index is 0.348. The number of nitrogens with zero attached hydrogens (tertiary/aromatic N) is 1. The van der Waals surface area contributed by atoms with Crippen LogP contribution in [0.4, 0.5) is 5.69 Å². The average Bonchev–Trinajstić information content (AvgIpc) is 2.55. The van der Waals surface area contributed by atoms with Crippen molar-refractivity contribution in [2.24, 2.45) is 0 Å². The van der Waals surface area contributed by atoms with Crippen LogP contribution in [-0.4, -0.2) is 26.7 Å². The van der Waals surface area contributed by atoms with Gasteiger partial charge in [-0.3, -0.25) is 0 Å². The van der Waals surface area contributed by atoms with Crippen LogP contribution in [0.2, 0.25) is 0 Å². The zero-order valence-corrected chi connectivity index (χ0v) is 11.8. The molecular formula is C17H20N2O. The van der Waals surface area contributed by atoms with Crippen LogP contribution in [0.5, 0.6) is 5.75 Å². The molecule has 1 aliphatic rings. The first-order chi connectivity index (χ1) is 9.90. The predicted molar refractivity (Wildman–Crippen MR) is 82.4 cm³/mol. The van der Waals surface area contributed by atoms with Crippen molar-refractivity contribution >= 4 is 5.69 Å². The van der Waals surface area contributed by atoms with E-state index in [4.69, 9.17) is 4.74 Å². The second-order valence-corrected chi connectivity index (χ2v) is 5.00. The molecule has 1 saturated heterocycles. The lowest BCUT2D eigenvalue weighted by atomic mass is 10.0. The molecule has 1 heterocycles. The van der Waals surface area contributed by atoms with Crippen molar-refractivity contribution in [1.82, 2.24) is 5.32 Å². The molecular weight excluding hydrogens is 248 g/mol. The summed E-state index contributed by atoms with van der Waals surface area (Å²) in [5, 5.41) is 3.49. The van der Waals surface area contributed by atoms with Crippen molar-refractivity contribution < 1.29 is 4.74 Å². The number of anilines is 1. The average molecular weight is 268 g/mol. The normalized spacial score (nSPS) is 18.9. The van der Waals surface area contributed by atoms with Crippen LogP contribution in [0.15, 0.2) is 54.6 Å². The summed E-state index contributed by atoms with van der Waals surface area (Å²) in [6.07, 6.45) is 0. The molecule has 104 valence electrons. The van der Waals surface area contributed by atoms with Crippen LogP contribution in [0.25, 0.3) is 0 Å². The van der Waals surface area contributed by atoms with E-state index in [1.54, 1.807) is 7.11 Å². The van der Waals surface area contributed by atoms with Gasteiger partial charge in [0, 0.05) is 19.6 Å². The monoisotopic (exact) mass is 268 g/mol. The van der Waals surface area contributed by atoms with Gasteiger partial charge in [0.15, 0.2) is 0 Å². The number of para-hydroxylation sites is 2. The molecule has 0 radical (unpaired) electrons. The third kappa shape index (κ3) is 2.49. The second-order valence-electron chi connectivity index (χ2n) is 5.00. The molecule has 0 aliphatic carbocycles. The van der Waals surface area contributed by atoms with Crippen molar-refractivity contribution in [1.29, 1.82) is 0 Å². The Hall–Kier alpha value is -2.00. The molecule has 0 bridgehead atoms. The first-order valence-electron chi connectivity index (χ1n) is 7.05. The Morgan fingerprint density at radius 2 is 1.80 bits per heavy atom. The maximum Gasteiger partial charge on any atom is 0.142 e. The molecule has 1 unspecified atom stereocenters. The maximum atomic E-state index is 5.52. The second kappa shape index (κ2) is 5.97. The molecule has 2 aromatic rings. The molecule has 1 aliphatic heterocycles. The summed E-state index contributed by atoms with van der Waals surface area (Å²) in [7, 11) is 1.73. The number of hydrogen-bond donors (Lipinski definition) is 1. The minimum atomic E-state index is 0.348. The molecule has 3 heteroatoms. The lowest BCUT2D eigenvalue weighted by molar-refractivity contribution is 0.408. The summed E-state index contributed by atoms with van der Waals surface area (Å²) in [5.74, 6) is 0.940. The Morgan fingerprint density at radius 3 is 2.60 bits per heavy atom. The molecule has 1 N–H and O–H groups in total. The lowest BCUT2D eigenvalue weighted by Crippen LogP contribution is -2.46. The Kier molecular flexibility index (Phi) is 3.88. The Labute approximate surface area is 120 Å². The zero-order chi connectivity index (χ0) is 13.8. The van der Waals surface area contributed by atoms with E-state index in [0.29, 0.717) is 6.04 Å². The summed E-state index contributed by atoms with van der Waals surface area (Å²) in [6, 6.07) is 19.3. The van der Waals surface area contributed by atoms with Gasteiger partial charge < -0.3 is 15.0 Å². The van der Waals surface area contributed by atoms with Crippen molar-refractivity contribution in [3.05, 3.63) is 60.2 Å². The van der Waals surface area contributed by atoms with Crippen molar-refractivity contribution in [2.45, 2.75) is 6.04 Å². The van der Waals surface area contributed by atoms with Crippen LogP contribution in [0.1, 0.15) is 11.6 Å². The molecule has 0 saturated carbocycles. The summed E-state index contributed by atoms with van der Waals surface area (Å²) in [5.41, 5.74) is 2.51. The van der Waals surface area contributed by atoms with Gasteiger partial charge in [0.05, 0.1) is 18.8 Å². The maximum absolute atomic E-state index is 5.52. The third-order valence-corrected chi connectivity index (χ3v) is 3.82. The summed E-state index contributed by atoms with van der Waals surface area (Å²) >= 11 is 0. The fraction of sp³-hybridized carbons (Fsp3) is 0.294. The zero-order valence-electron chi connectivity index (χ0n) is 11.8. The molecule has 0 amide bonds. The SMILES string of the molecule is COc1ccccc1N1CCNCC1c1ccccc1. The van der Waals surface area contributed by atoms with E-state index in [2.05, 4.69) is 52.7 Å². The van der Waals surface area contributed by atoms with Crippen LogP contribution in [0.3, 0.4) is 0 Å². The van der Waals surface area contributed by atoms with Crippen LogP contribution >= 0.6 is 0 Å². The lowest BCUT2D eigenvalue weighted by Gasteiger charge is -2.38. The van der Waals surface area contributed by atoms with Crippen LogP contribution < -0.4 is 15.0 Å². The van der Waals surface area contributed by atoms with Crippen molar-refractivity contribution in [2.75, 3.05) is 31.6 Å². The van der Waals surface area contributed by atoms with Gasteiger partial charge in [0.2, 0.25) is 0 Å². The number of benzene rings is 2. The smallest absolute Gasteiger partial charge is 0.142 e. The van der Waals surface area contributed by atoms with Gasteiger partial charge in [-0.25, -0.2) is 0 Å². The standard InChI is InChI=1S/C17H20N2O/c1-20-17-10-6-5-9-15(17)19-12-11-18-13-16(19)14-7-3-2-4-8-14/h2-10,16,18H,11-13H2,1H3. The highest BCUT2D eigenvalue weighted by Gasteiger charge is 2.25. The molecule has 0 aromatic heterocycles. The van der Waals surface area contributed by atoms with Gasteiger partial charge in [-0.1, -0.05) is 42.5 Å². The topological polar surface area (TPSA) is 24.5 Å². The molecule has 2 aromatic carbocycles. The molecule has 20 heavy (non-hydrogen) atoms. The van der Waals surface area contributed by atoms with E-state index in [1.165, 1.54) is 11.3 Å². The number of methoxy groups -OCH3 is 1. The van der Waals surface area contributed by atoms with Gasteiger partial charge >= 0.3 is 0 Å². The van der Waals surface area contributed by atoms with E-state index in [9.17, 15) is 0 Å². The first-order valence-corrected chi connectivity index (χ1v) is 7.05. The van der Waals surface area contributed by atoms with E-state index >= 15 is 0 Å². The summed E-state index contributed by atoms with van der Waals surface area (Å²) in [4.78, 5) is 2.44. The van der Waals surface area contributed by atoms with Crippen molar-refractivity contribution in [3.8, 4) is 5.75 Å². The van der Waals surface area contributed by atoms with Crippen LogP contribution in [-0.2, 0) is 0 Å². The highest BCUT2D eigenvalue weighted by Crippen LogP contribution is 2.34. The van der Waals surface area contributed by atoms with Gasteiger partial charge in [0.25, 0.3) is 0 Å². The Bertz CT molecular complexity index is 556. The number of rotatable bonds is 3. The molecule has 3 rings (SSSR count). The highest BCUT2D eigenvalue weighted by atomic mass is 16.5.